The van der Waals surface area contributed by atoms with Crippen molar-refractivity contribution in [1.82, 2.24) is 14.3 Å². The number of hydrogen-bond donors (Lipinski definition) is 2. The Labute approximate surface area is 133 Å². The number of anilines is 1. The highest BCUT2D eigenvalue weighted by Gasteiger charge is 2.04. The molecule has 1 aromatic heterocycles. The molecule has 0 radical (unpaired) electrons. The first-order chi connectivity index (χ1) is 11.2. The molecule has 3 aromatic rings. The predicted molar refractivity (Wildman–Crippen MR) is 88.5 cm³/mol. The van der Waals surface area contributed by atoms with E-state index in [0.29, 0.717) is 6.54 Å². The Bertz CT molecular complexity index is 832. The highest BCUT2D eigenvalue weighted by atomic mass is 16.3. The molecule has 0 aliphatic carbocycles. The zero-order valence-electron chi connectivity index (χ0n) is 12.8. The molecule has 23 heavy (non-hydrogen) atoms. The molecule has 2 aromatic carbocycles. The van der Waals surface area contributed by atoms with Gasteiger partial charge in [-0.05, 0) is 35.4 Å². The first-order valence-corrected chi connectivity index (χ1v) is 7.31. The molecule has 2 N–H and O–H groups in total. The van der Waals surface area contributed by atoms with Gasteiger partial charge in [0, 0.05) is 19.3 Å². The maximum absolute atomic E-state index is 11.8. The molecule has 3 rings (SSSR count). The number of hydrogen-bond acceptors (Lipinski definition) is 4. The topological polar surface area (TPSA) is 72.1 Å². The van der Waals surface area contributed by atoms with Crippen LogP contribution in [-0.2, 0) is 20.2 Å². The fourth-order valence-electron chi connectivity index (χ4n) is 2.24. The molecule has 0 amide bonds. The van der Waals surface area contributed by atoms with Gasteiger partial charge in [-0.3, -0.25) is 4.57 Å². The van der Waals surface area contributed by atoms with Crippen LogP contribution in [0, 0.1) is 0 Å². The number of rotatable bonds is 5. The van der Waals surface area contributed by atoms with Gasteiger partial charge < -0.3 is 10.4 Å². The van der Waals surface area contributed by atoms with Crippen LogP contribution in [0.15, 0.2) is 59.7 Å². The molecule has 0 unspecified atom stereocenters. The van der Waals surface area contributed by atoms with E-state index in [1.807, 2.05) is 48.5 Å². The molecule has 118 valence electrons. The van der Waals surface area contributed by atoms with E-state index in [9.17, 15) is 4.79 Å². The van der Waals surface area contributed by atoms with Crippen molar-refractivity contribution < 1.29 is 5.11 Å². The summed E-state index contributed by atoms with van der Waals surface area (Å²) in [5.74, 6) is 0. The van der Waals surface area contributed by atoms with E-state index >= 15 is 0 Å². The van der Waals surface area contributed by atoms with E-state index in [1.165, 1.54) is 15.6 Å². The van der Waals surface area contributed by atoms with Crippen LogP contribution in [0.1, 0.15) is 11.1 Å². The van der Waals surface area contributed by atoms with Gasteiger partial charge in [0.05, 0.1) is 12.3 Å². The first kappa shape index (κ1) is 15.1. The zero-order chi connectivity index (χ0) is 16.2. The Hall–Kier alpha value is -2.86. The van der Waals surface area contributed by atoms with Gasteiger partial charge in [0.15, 0.2) is 0 Å². The third-order valence-corrected chi connectivity index (χ3v) is 3.64. The lowest BCUT2D eigenvalue weighted by Gasteiger charge is -2.08. The fraction of sp³-hybridized carbons (Fsp3) is 0.176. The van der Waals surface area contributed by atoms with Crippen molar-refractivity contribution >= 4 is 5.69 Å². The first-order valence-electron chi connectivity index (χ1n) is 7.31. The van der Waals surface area contributed by atoms with Crippen LogP contribution in [0.2, 0.25) is 0 Å². The molecule has 0 aliphatic heterocycles. The van der Waals surface area contributed by atoms with Crippen molar-refractivity contribution in [3.8, 4) is 5.69 Å². The highest BCUT2D eigenvalue weighted by Crippen LogP contribution is 2.13. The number of nitrogens with zero attached hydrogens (tertiary/aromatic N) is 3. The second kappa shape index (κ2) is 6.50. The van der Waals surface area contributed by atoms with E-state index in [1.54, 1.807) is 7.05 Å². The second-order valence-electron chi connectivity index (χ2n) is 5.31. The van der Waals surface area contributed by atoms with Crippen LogP contribution < -0.4 is 11.0 Å². The highest BCUT2D eigenvalue weighted by molar-refractivity contribution is 5.48. The van der Waals surface area contributed by atoms with Crippen molar-refractivity contribution in [3.63, 3.8) is 0 Å². The predicted octanol–water partition coefficient (Wildman–Crippen LogP) is 1.68. The SMILES string of the molecule is Cn1cnn(-c2ccc(NCc3ccc(CO)cc3)cc2)c1=O. The van der Waals surface area contributed by atoms with Crippen molar-refractivity contribution in [2.45, 2.75) is 13.2 Å². The molecular weight excluding hydrogens is 292 g/mol. The third-order valence-electron chi connectivity index (χ3n) is 3.64. The minimum absolute atomic E-state index is 0.0576. The third kappa shape index (κ3) is 3.32. The molecule has 0 fully saturated rings. The molecule has 0 bridgehead atoms. The molecule has 0 saturated heterocycles. The molecule has 0 spiro atoms. The summed E-state index contributed by atoms with van der Waals surface area (Å²) in [5.41, 5.74) is 3.55. The summed E-state index contributed by atoms with van der Waals surface area (Å²) in [4.78, 5) is 11.8. The maximum Gasteiger partial charge on any atom is 0.350 e. The minimum Gasteiger partial charge on any atom is -0.392 e. The average molecular weight is 310 g/mol. The van der Waals surface area contributed by atoms with Gasteiger partial charge >= 0.3 is 5.69 Å². The quantitative estimate of drug-likeness (QED) is 0.752. The van der Waals surface area contributed by atoms with Crippen molar-refractivity contribution in [3.05, 3.63) is 76.5 Å². The molecule has 0 aliphatic rings. The van der Waals surface area contributed by atoms with Gasteiger partial charge in [0.2, 0.25) is 0 Å². The van der Waals surface area contributed by atoms with Crippen LogP contribution in [0.3, 0.4) is 0 Å². The molecule has 0 saturated carbocycles. The number of aryl methyl sites for hydroxylation is 1. The Morgan fingerprint density at radius 1 is 1.04 bits per heavy atom. The van der Waals surface area contributed by atoms with E-state index < -0.39 is 0 Å². The molecule has 6 heteroatoms. The maximum atomic E-state index is 11.8. The van der Waals surface area contributed by atoms with Gasteiger partial charge in [0.1, 0.15) is 6.33 Å². The number of aromatic nitrogens is 3. The smallest absolute Gasteiger partial charge is 0.350 e. The molecular formula is C17H18N4O2. The van der Waals surface area contributed by atoms with Crippen LogP contribution in [-0.4, -0.2) is 19.5 Å². The Morgan fingerprint density at radius 2 is 1.70 bits per heavy atom. The van der Waals surface area contributed by atoms with E-state index in [4.69, 9.17) is 5.11 Å². The zero-order valence-corrected chi connectivity index (χ0v) is 12.8. The number of benzene rings is 2. The largest absolute Gasteiger partial charge is 0.392 e. The summed E-state index contributed by atoms with van der Waals surface area (Å²) in [5, 5.41) is 16.4. The van der Waals surface area contributed by atoms with Crippen molar-refractivity contribution in [2.75, 3.05) is 5.32 Å². The van der Waals surface area contributed by atoms with E-state index in [-0.39, 0.29) is 12.3 Å². The van der Waals surface area contributed by atoms with Crippen LogP contribution >= 0.6 is 0 Å². The lowest BCUT2D eigenvalue weighted by Crippen LogP contribution is -2.21. The normalized spacial score (nSPS) is 10.7. The molecule has 1 heterocycles. The average Bonchev–Trinajstić information content (AvgIpc) is 2.93. The van der Waals surface area contributed by atoms with Gasteiger partial charge in [0.25, 0.3) is 0 Å². The summed E-state index contributed by atoms with van der Waals surface area (Å²) in [6.45, 7) is 0.747. The molecule has 0 atom stereocenters. The number of nitrogens with one attached hydrogen (secondary N) is 1. The number of aliphatic hydroxyl groups excluding tert-OH is 1. The minimum atomic E-state index is -0.172. The van der Waals surface area contributed by atoms with E-state index in [0.717, 1.165) is 22.5 Å². The van der Waals surface area contributed by atoms with Crippen molar-refractivity contribution in [1.29, 1.82) is 0 Å². The van der Waals surface area contributed by atoms with Gasteiger partial charge in [-0.25, -0.2) is 4.79 Å². The lowest BCUT2D eigenvalue weighted by molar-refractivity contribution is 0.282. The van der Waals surface area contributed by atoms with E-state index in [2.05, 4.69) is 10.4 Å². The summed E-state index contributed by atoms with van der Waals surface area (Å²) >= 11 is 0. The number of aliphatic hydroxyl groups is 1. The Balaban J connectivity index is 1.67. The molecule has 6 nitrogen and oxygen atoms in total. The lowest BCUT2D eigenvalue weighted by atomic mass is 10.1. The summed E-state index contributed by atoms with van der Waals surface area (Å²) in [6, 6.07) is 15.3. The summed E-state index contributed by atoms with van der Waals surface area (Å²) in [7, 11) is 1.67. The standard InChI is InChI=1S/C17H18N4O2/c1-20-12-19-21(17(20)23)16-8-6-15(7-9-16)18-10-13-2-4-14(11-22)5-3-13/h2-9,12,18,22H,10-11H2,1H3. The van der Waals surface area contributed by atoms with Crippen LogP contribution in [0.4, 0.5) is 5.69 Å². The van der Waals surface area contributed by atoms with Gasteiger partial charge in [-0.1, -0.05) is 24.3 Å². The second-order valence-corrected chi connectivity index (χ2v) is 5.31. The summed E-state index contributed by atoms with van der Waals surface area (Å²) in [6.07, 6.45) is 1.49. The van der Waals surface area contributed by atoms with Crippen LogP contribution in [0.5, 0.6) is 0 Å². The van der Waals surface area contributed by atoms with Crippen molar-refractivity contribution in [2.24, 2.45) is 7.05 Å². The Morgan fingerprint density at radius 3 is 2.26 bits per heavy atom. The van der Waals surface area contributed by atoms with Gasteiger partial charge in [-0.15, -0.1) is 0 Å². The monoisotopic (exact) mass is 310 g/mol. The van der Waals surface area contributed by atoms with Gasteiger partial charge in [-0.2, -0.15) is 9.78 Å². The fourth-order valence-corrected chi connectivity index (χ4v) is 2.24. The van der Waals surface area contributed by atoms with Crippen LogP contribution in [0.25, 0.3) is 5.69 Å². The summed E-state index contributed by atoms with van der Waals surface area (Å²) < 4.78 is 2.79. The Kier molecular flexibility index (Phi) is 4.25.